The van der Waals surface area contributed by atoms with Gasteiger partial charge in [-0.3, -0.25) is 14.3 Å². The predicted molar refractivity (Wildman–Crippen MR) is 168 cm³/mol. The number of para-hydroxylation sites is 1. The van der Waals surface area contributed by atoms with E-state index in [0.717, 1.165) is 50.7 Å². The fourth-order valence-corrected chi connectivity index (χ4v) is 7.38. The number of fused-ring (bicyclic) bond motifs is 1. The topological polar surface area (TPSA) is 93.3 Å². The number of carbonyl (C=O) groups is 1. The molecule has 2 fully saturated rings. The molecule has 1 atom stereocenters. The number of nitrogens with zero attached hydrogens (tertiary/aromatic N) is 4. The van der Waals surface area contributed by atoms with Crippen LogP contribution in [0.2, 0.25) is 5.02 Å². The third-order valence-electron chi connectivity index (χ3n) is 9.72. The van der Waals surface area contributed by atoms with Crippen LogP contribution in [-0.4, -0.2) is 51.2 Å². The minimum atomic E-state index is -0.676. The van der Waals surface area contributed by atoms with Crippen molar-refractivity contribution in [3.05, 3.63) is 93.6 Å². The second-order valence-corrected chi connectivity index (χ2v) is 12.9. The lowest BCUT2D eigenvalue weighted by Gasteiger charge is -2.48. The molecule has 6 rings (SSSR count). The van der Waals surface area contributed by atoms with Gasteiger partial charge in [0.1, 0.15) is 12.7 Å². The normalized spacial score (nSPS) is 18.3. The molecule has 8 nitrogen and oxygen atoms in total. The van der Waals surface area contributed by atoms with E-state index in [9.17, 15) is 14.0 Å². The second-order valence-electron chi connectivity index (χ2n) is 12.5. The van der Waals surface area contributed by atoms with Crippen molar-refractivity contribution in [2.24, 2.45) is 11.3 Å². The molecule has 2 aliphatic rings. The first-order chi connectivity index (χ1) is 21.4. The van der Waals surface area contributed by atoms with Crippen LogP contribution in [0, 0.1) is 17.2 Å². The number of amides is 1. The van der Waals surface area contributed by atoms with E-state index in [4.69, 9.17) is 16.0 Å². The average Bonchev–Trinajstić information content (AvgIpc) is 3.55. The highest BCUT2D eigenvalue weighted by molar-refractivity contribution is 6.30. The number of hydrogen-bond donors (Lipinski definition) is 1. The lowest BCUT2D eigenvalue weighted by atomic mass is 9.63. The fraction of sp³-hybridized carbons (Fsp3) is 0.471. The first kappa shape index (κ1) is 30.5. The van der Waals surface area contributed by atoms with Crippen LogP contribution in [0.1, 0.15) is 67.5 Å². The fourth-order valence-electron chi connectivity index (χ4n) is 7.25. The molecule has 1 N–H and O–H groups in total. The van der Waals surface area contributed by atoms with E-state index in [1.807, 2.05) is 35.3 Å². The molecule has 44 heavy (non-hydrogen) atoms. The monoisotopic (exact) mass is 619 g/mol. The number of carbonyl (C=O) groups excluding carboxylic acids is 1. The second kappa shape index (κ2) is 13.6. The summed E-state index contributed by atoms with van der Waals surface area (Å²) < 4.78 is 22.0. The van der Waals surface area contributed by atoms with Gasteiger partial charge in [-0.05, 0) is 92.8 Å². The number of rotatable bonds is 10. The van der Waals surface area contributed by atoms with Crippen LogP contribution < -0.4 is 10.7 Å². The van der Waals surface area contributed by atoms with E-state index in [1.54, 1.807) is 6.33 Å². The SMILES string of the molecule is O=C(N[C@H](CCN1CCC(Cn2cncn2)(C2CCCCC2)CC1)Cc1ccc(Cl)cc1)c1cc(=O)c2cccc(F)c2o1. The van der Waals surface area contributed by atoms with Crippen molar-refractivity contribution in [3.8, 4) is 0 Å². The highest BCUT2D eigenvalue weighted by Gasteiger charge is 2.42. The molecule has 0 radical (unpaired) electrons. The lowest BCUT2D eigenvalue weighted by Crippen LogP contribution is -2.48. The molecule has 1 aliphatic carbocycles. The van der Waals surface area contributed by atoms with Crippen molar-refractivity contribution in [1.29, 1.82) is 0 Å². The predicted octanol–water partition coefficient (Wildman–Crippen LogP) is 6.27. The maximum Gasteiger partial charge on any atom is 0.287 e. The summed E-state index contributed by atoms with van der Waals surface area (Å²) in [4.78, 5) is 32.7. The lowest BCUT2D eigenvalue weighted by molar-refractivity contribution is 0.0104. The number of hydrogen-bond acceptors (Lipinski definition) is 6. The summed E-state index contributed by atoms with van der Waals surface area (Å²) in [5.74, 6) is -0.697. The van der Waals surface area contributed by atoms with Gasteiger partial charge in [0, 0.05) is 30.2 Å². The number of nitrogens with one attached hydrogen (secondary N) is 1. The van der Waals surface area contributed by atoms with Gasteiger partial charge < -0.3 is 14.6 Å². The Morgan fingerprint density at radius 2 is 1.89 bits per heavy atom. The molecule has 232 valence electrons. The smallest absolute Gasteiger partial charge is 0.287 e. The number of halogens is 2. The van der Waals surface area contributed by atoms with E-state index in [2.05, 4.69) is 20.3 Å². The summed E-state index contributed by atoms with van der Waals surface area (Å²) in [6.45, 7) is 3.72. The van der Waals surface area contributed by atoms with Gasteiger partial charge >= 0.3 is 0 Å². The molecule has 1 aliphatic heterocycles. The third-order valence-corrected chi connectivity index (χ3v) is 9.97. The van der Waals surface area contributed by atoms with Gasteiger partial charge in [0.05, 0.1) is 5.39 Å². The van der Waals surface area contributed by atoms with Gasteiger partial charge in [-0.25, -0.2) is 9.37 Å². The van der Waals surface area contributed by atoms with Crippen LogP contribution >= 0.6 is 11.6 Å². The van der Waals surface area contributed by atoms with E-state index < -0.39 is 17.2 Å². The molecule has 3 heterocycles. The number of aromatic nitrogens is 3. The van der Waals surface area contributed by atoms with E-state index in [1.165, 1.54) is 50.3 Å². The van der Waals surface area contributed by atoms with Gasteiger partial charge in [-0.2, -0.15) is 5.10 Å². The minimum absolute atomic E-state index is 0.109. The zero-order valence-electron chi connectivity index (χ0n) is 24.9. The molecule has 0 spiro atoms. The average molecular weight is 620 g/mol. The molecule has 2 aromatic carbocycles. The van der Waals surface area contributed by atoms with Gasteiger partial charge in [-0.1, -0.05) is 49.1 Å². The maximum absolute atomic E-state index is 14.4. The Hall–Kier alpha value is -3.56. The Bertz CT molecular complexity index is 1610. The molecule has 1 saturated carbocycles. The van der Waals surface area contributed by atoms with Crippen molar-refractivity contribution in [2.45, 2.75) is 70.4 Å². The summed E-state index contributed by atoms with van der Waals surface area (Å²) in [7, 11) is 0. The Morgan fingerprint density at radius 1 is 1.11 bits per heavy atom. The van der Waals surface area contributed by atoms with Crippen molar-refractivity contribution >= 4 is 28.5 Å². The first-order valence-electron chi connectivity index (χ1n) is 15.7. The third kappa shape index (κ3) is 7.05. The van der Waals surface area contributed by atoms with Crippen LogP contribution in [0.15, 0.2) is 70.4 Å². The molecule has 0 unspecified atom stereocenters. The van der Waals surface area contributed by atoms with E-state index in [0.29, 0.717) is 23.8 Å². The zero-order chi connectivity index (χ0) is 30.5. The van der Waals surface area contributed by atoms with Crippen molar-refractivity contribution in [2.75, 3.05) is 19.6 Å². The Labute approximate surface area is 261 Å². The van der Waals surface area contributed by atoms with Crippen LogP contribution in [0.5, 0.6) is 0 Å². The van der Waals surface area contributed by atoms with Crippen LogP contribution in [0.25, 0.3) is 11.0 Å². The van der Waals surface area contributed by atoms with Crippen LogP contribution in [0.4, 0.5) is 4.39 Å². The zero-order valence-corrected chi connectivity index (χ0v) is 25.6. The first-order valence-corrected chi connectivity index (χ1v) is 16.1. The standard InChI is InChI=1S/C34H39ClFN5O3/c35-26-11-9-24(10-12-26)19-27(39-33(43)31-20-30(42)28-7-4-8-29(36)32(28)44-31)13-16-40-17-14-34(15-18-40,21-41-23-37-22-38-41)25-5-2-1-3-6-25/h4,7-12,20,22-23,25,27H,1-3,5-6,13-19,21H2,(H,39,43)/t27-/m1/s1. The molecular weight excluding hydrogens is 581 g/mol. The Kier molecular flexibility index (Phi) is 9.42. The molecule has 10 heteroatoms. The van der Waals surface area contributed by atoms with Crippen molar-refractivity contribution in [1.82, 2.24) is 25.0 Å². The number of piperidine rings is 1. The Morgan fingerprint density at radius 3 is 2.61 bits per heavy atom. The van der Waals surface area contributed by atoms with Gasteiger partial charge in [0.15, 0.2) is 22.6 Å². The number of likely N-dealkylation sites (tertiary alicyclic amines) is 1. The summed E-state index contributed by atoms with van der Waals surface area (Å²) in [5, 5.41) is 8.28. The highest BCUT2D eigenvalue weighted by Crippen LogP contribution is 2.47. The maximum atomic E-state index is 14.4. The number of benzene rings is 2. The van der Waals surface area contributed by atoms with Crippen LogP contribution in [-0.2, 0) is 13.0 Å². The van der Waals surface area contributed by atoms with E-state index >= 15 is 0 Å². The highest BCUT2D eigenvalue weighted by atomic mass is 35.5. The molecular formula is C34H39ClFN5O3. The molecule has 1 amide bonds. The quantitative estimate of drug-likeness (QED) is 0.225. The largest absolute Gasteiger partial charge is 0.448 e. The summed E-state index contributed by atoms with van der Waals surface area (Å²) in [6.07, 6.45) is 13.5. The molecule has 1 saturated heterocycles. The minimum Gasteiger partial charge on any atom is -0.448 e. The molecule has 4 aromatic rings. The summed E-state index contributed by atoms with van der Waals surface area (Å²) in [5.41, 5.74) is 0.601. The van der Waals surface area contributed by atoms with E-state index in [-0.39, 0.29) is 28.2 Å². The van der Waals surface area contributed by atoms with Gasteiger partial charge in [0.25, 0.3) is 5.91 Å². The molecule has 2 aromatic heterocycles. The van der Waals surface area contributed by atoms with Gasteiger partial charge in [0.2, 0.25) is 0 Å². The summed E-state index contributed by atoms with van der Waals surface area (Å²) >= 11 is 6.12. The Balaban J connectivity index is 1.14. The van der Waals surface area contributed by atoms with Crippen molar-refractivity contribution in [3.63, 3.8) is 0 Å². The molecule has 0 bridgehead atoms. The summed E-state index contributed by atoms with van der Waals surface area (Å²) in [6, 6.07) is 12.6. The van der Waals surface area contributed by atoms with Gasteiger partial charge in [-0.15, -0.1) is 0 Å². The van der Waals surface area contributed by atoms with Crippen LogP contribution in [0.3, 0.4) is 0 Å². The van der Waals surface area contributed by atoms with Crippen molar-refractivity contribution < 1.29 is 13.6 Å².